The fourth-order valence-corrected chi connectivity index (χ4v) is 2.79. The standard InChI is InChI=1S/C13H12N4O2S/c18-13(12-8-14-16-20-12)17-7-3-5-10(15-19)9-4-1-2-6-11(9)17/h1-2,4,6,8,19H,3,5,7H2/b15-10-. The lowest BCUT2D eigenvalue weighted by Crippen LogP contribution is -2.31. The molecule has 1 aliphatic heterocycles. The van der Waals surface area contributed by atoms with E-state index in [-0.39, 0.29) is 5.91 Å². The normalized spacial score (nSPS) is 16.8. The highest BCUT2D eigenvalue weighted by Gasteiger charge is 2.26. The Bertz CT molecular complexity index is 654. The summed E-state index contributed by atoms with van der Waals surface area (Å²) in [5.41, 5.74) is 2.16. The van der Waals surface area contributed by atoms with Crippen LogP contribution < -0.4 is 4.90 Å². The molecule has 0 saturated carbocycles. The van der Waals surface area contributed by atoms with E-state index >= 15 is 0 Å². The number of hydrogen-bond donors (Lipinski definition) is 1. The van der Waals surface area contributed by atoms with Gasteiger partial charge >= 0.3 is 0 Å². The molecule has 20 heavy (non-hydrogen) atoms. The van der Waals surface area contributed by atoms with Crippen molar-refractivity contribution in [3.63, 3.8) is 0 Å². The number of fused-ring (bicyclic) bond motifs is 1. The molecule has 1 aromatic carbocycles. The molecule has 0 radical (unpaired) electrons. The number of carbonyl (C=O) groups excluding carboxylic acids is 1. The van der Waals surface area contributed by atoms with Crippen LogP contribution in [0.2, 0.25) is 0 Å². The maximum atomic E-state index is 12.5. The molecule has 0 fully saturated rings. The first-order chi connectivity index (χ1) is 9.81. The molecule has 0 atom stereocenters. The van der Waals surface area contributed by atoms with E-state index in [1.165, 1.54) is 6.20 Å². The van der Waals surface area contributed by atoms with E-state index in [0.29, 0.717) is 23.6 Å². The van der Waals surface area contributed by atoms with Crippen molar-refractivity contribution in [1.82, 2.24) is 9.59 Å². The van der Waals surface area contributed by atoms with Gasteiger partial charge in [-0.15, -0.1) is 5.10 Å². The molecular formula is C13H12N4O2S. The fourth-order valence-electron chi connectivity index (χ4n) is 2.32. The highest BCUT2D eigenvalue weighted by atomic mass is 32.1. The van der Waals surface area contributed by atoms with Gasteiger partial charge in [0, 0.05) is 12.1 Å². The molecular weight excluding hydrogens is 276 g/mol. The summed E-state index contributed by atoms with van der Waals surface area (Å²) in [6.45, 7) is 0.576. The number of carbonyl (C=O) groups is 1. The van der Waals surface area contributed by atoms with Crippen molar-refractivity contribution in [1.29, 1.82) is 0 Å². The van der Waals surface area contributed by atoms with Crippen LogP contribution in [0.4, 0.5) is 5.69 Å². The van der Waals surface area contributed by atoms with Crippen LogP contribution in [-0.4, -0.2) is 33.0 Å². The molecule has 1 N–H and O–H groups in total. The first-order valence-corrected chi connectivity index (χ1v) is 6.98. The van der Waals surface area contributed by atoms with Crippen molar-refractivity contribution in [3.05, 3.63) is 40.9 Å². The maximum Gasteiger partial charge on any atom is 0.271 e. The summed E-state index contributed by atoms with van der Waals surface area (Å²) in [5, 5.41) is 16.2. The van der Waals surface area contributed by atoms with Crippen LogP contribution in [0.25, 0.3) is 0 Å². The predicted octanol–water partition coefficient (Wildman–Crippen LogP) is 2.16. The molecule has 2 heterocycles. The minimum absolute atomic E-state index is 0.119. The minimum Gasteiger partial charge on any atom is -0.411 e. The number of amides is 1. The van der Waals surface area contributed by atoms with Gasteiger partial charge in [0.05, 0.1) is 17.6 Å². The van der Waals surface area contributed by atoms with E-state index in [9.17, 15) is 4.79 Å². The Balaban J connectivity index is 2.06. The second-order valence-electron chi connectivity index (χ2n) is 4.41. The number of hydrogen-bond acceptors (Lipinski definition) is 6. The van der Waals surface area contributed by atoms with E-state index in [0.717, 1.165) is 29.2 Å². The van der Waals surface area contributed by atoms with Gasteiger partial charge in [-0.05, 0) is 30.4 Å². The van der Waals surface area contributed by atoms with Crippen molar-refractivity contribution in [3.8, 4) is 0 Å². The van der Waals surface area contributed by atoms with Crippen molar-refractivity contribution in [2.24, 2.45) is 5.16 Å². The van der Waals surface area contributed by atoms with E-state index in [1.54, 1.807) is 4.90 Å². The summed E-state index contributed by atoms with van der Waals surface area (Å²) in [5.74, 6) is -0.119. The SMILES string of the molecule is O=C(c1cnns1)N1CCC/C(=N/O)c2ccccc21. The number of aromatic nitrogens is 2. The lowest BCUT2D eigenvalue weighted by Gasteiger charge is -2.21. The van der Waals surface area contributed by atoms with Crippen LogP contribution in [0.15, 0.2) is 35.6 Å². The summed E-state index contributed by atoms with van der Waals surface area (Å²) >= 11 is 1.08. The average molecular weight is 288 g/mol. The summed E-state index contributed by atoms with van der Waals surface area (Å²) < 4.78 is 3.73. The molecule has 1 aliphatic rings. The van der Waals surface area contributed by atoms with Gasteiger partial charge in [0.2, 0.25) is 0 Å². The Morgan fingerprint density at radius 2 is 2.25 bits per heavy atom. The van der Waals surface area contributed by atoms with Gasteiger partial charge in [-0.3, -0.25) is 4.79 Å². The van der Waals surface area contributed by atoms with Crippen molar-refractivity contribution >= 4 is 28.8 Å². The largest absolute Gasteiger partial charge is 0.411 e. The summed E-state index contributed by atoms with van der Waals surface area (Å²) in [6.07, 6.45) is 2.85. The number of para-hydroxylation sites is 1. The predicted molar refractivity (Wildman–Crippen MR) is 75.6 cm³/mol. The molecule has 102 valence electrons. The lowest BCUT2D eigenvalue weighted by molar-refractivity contribution is 0.0990. The summed E-state index contributed by atoms with van der Waals surface area (Å²) in [7, 11) is 0. The molecule has 0 bridgehead atoms. The van der Waals surface area contributed by atoms with Crippen LogP contribution in [-0.2, 0) is 0 Å². The highest BCUT2D eigenvalue weighted by molar-refractivity contribution is 7.07. The van der Waals surface area contributed by atoms with Crippen LogP contribution in [0.1, 0.15) is 28.1 Å². The number of rotatable bonds is 1. The zero-order valence-corrected chi connectivity index (χ0v) is 11.4. The van der Waals surface area contributed by atoms with Gasteiger partial charge in [0.15, 0.2) is 0 Å². The monoisotopic (exact) mass is 288 g/mol. The number of benzene rings is 1. The van der Waals surface area contributed by atoms with Crippen molar-refractivity contribution < 1.29 is 10.0 Å². The Labute approximate surface area is 119 Å². The molecule has 7 heteroatoms. The van der Waals surface area contributed by atoms with E-state index in [4.69, 9.17) is 5.21 Å². The van der Waals surface area contributed by atoms with Gasteiger partial charge in [-0.2, -0.15) is 0 Å². The molecule has 2 aromatic rings. The molecule has 1 aromatic heterocycles. The zero-order chi connectivity index (χ0) is 13.9. The molecule has 6 nitrogen and oxygen atoms in total. The maximum absolute atomic E-state index is 12.5. The first-order valence-electron chi connectivity index (χ1n) is 6.21. The third-order valence-electron chi connectivity index (χ3n) is 3.24. The fraction of sp³-hybridized carbons (Fsp3) is 0.231. The minimum atomic E-state index is -0.119. The lowest BCUT2D eigenvalue weighted by atomic mass is 10.1. The second kappa shape index (κ2) is 5.38. The third-order valence-corrected chi connectivity index (χ3v) is 3.89. The van der Waals surface area contributed by atoms with E-state index in [2.05, 4.69) is 14.7 Å². The molecule has 1 amide bonds. The zero-order valence-electron chi connectivity index (χ0n) is 10.6. The average Bonchev–Trinajstić information content (AvgIpc) is 2.95. The van der Waals surface area contributed by atoms with Crippen LogP contribution in [0, 0.1) is 0 Å². The molecule has 3 rings (SSSR count). The summed E-state index contributed by atoms with van der Waals surface area (Å²) in [6, 6.07) is 7.45. The first kappa shape index (κ1) is 12.7. The Morgan fingerprint density at radius 1 is 1.40 bits per heavy atom. The number of anilines is 1. The molecule has 0 aliphatic carbocycles. The van der Waals surface area contributed by atoms with Gasteiger partial charge < -0.3 is 10.1 Å². The van der Waals surface area contributed by atoms with Gasteiger partial charge in [-0.25, -0.2) is 0 Å². The number of nitrogens with zero attached hydrogens (tertiary/aromatic N) is 4. The quantitative estimate of drug-likeness (QED) is 0.644. The molecule has 0 spiro atoms. The molecule has 0 unspecified atom stereocenters. The smallest absolute Gasteiger partial charge is 0.271 e. The highest BCUT2D eigenvalue weighted by Crippen LogP contribution is 2.28. The van der Waals surface area contributed by atoms with Gasteiger partial charge in [0.25, 0.3) is 5.91 Å². The molecule has 0 saturated heterocycles. The van der Waals surface area contributed by atoms with Crippen molar-refractivity contribution in [2.75, 3.05) is 11.4 Å². The van der Waals surface area contributed by atoms with Gasteiger partial charge in [0.1, 0.15) is 4.88 Å². The van der Waals surface area contributed by atoms with Crippen LogP contribution >= 0.6 is 11.5 Å². The van der Waals surface area contributed by atoms with Gasteiger partial charge in [-0.1, -0.05) is 27.8 Å². The van der Waals surface area contributed by atoms with E-state index < -0.39 is 0 Å². The third kappa shape index (κ3) is 2.16. The topological polar surface area (TPSA) is 78.7 Å². The number of oxime groups is 1. The Hall–Kier alpha value is -2.28. The second-order valence-corrected chi connectivity index (χ2v) is 5.19. The van der Waals surface area contributed by atoms with Crippen molar-refractivity contribution in [2.45, 2.75) is 12.8 Å². The summed E-state index contributed by atoms with van der Waals surface area (Å²) in [4.78, 5) is 14.7. The Kier molecular flexibility index (Phi) is 3.42. The van der Waals surface area contributed by atoms with Crippen LogP contribution in [0.5, 0.6) is 0 Å². The van der Waals surface area contributed by atoms with E-state index in [1.807, 2.05) is 24.3 Å². The van der Waals surface area contributed by atoms with Crippen LogP contribution in [0.3, 0.4) is 0 Å². The Morgan fingerprint density at radius 3 is 3.00 bits per heavy atom.